The summed E-state index contributed by atoms with van der Waals surface area (Å²) >= 11 is 0. The largest absolute Gasteiger partial charge is 0.350 e. The molecule has 0 amide bonds. The van der Waals surface area contributed by atoms with E-state index >= 15 is 0 Å². The van der Waals surface area contributed by atoms with E-state index in [4.69, 9.17) is 9.78 Å². The number of nitrogens with zero attached hydrogens (tertiary/aromatic N) is 4. The molecule has 2 heterocycles. The highest BCUT2D eigenvalue weighted by molar-refractivity contribution is 5.87. The van der Waals surface area contributed by atoms with Crippen molar-refractivity contribution >= 4 is 5.84 Å². The van der Waals surface area contributed by atoms with E-state index in [1.165, 1.54) is 0 Å². The first-order valence-corrected chi connectivity index (χ1v) is 7.25. The van der Waals surface area contributed by atoms with Crippen molar-refractivity contribution in [1.29, 1.82) is 5.26 Å². The fraction of sp³-hybridized carbons (Fsp3) is 0.176. The van der Waals surface area contributed by atoms with Crippen LogP contribution >= 0.6 is 0 Å². The van der Waals surface area contributed by atoms with Crippen molar-refractivity contribution < 1.29 is 4.52 Å². The van der Waals surface area contributed by atoms with E-state index in [0.29, 0.717) is 17.3 Å². The second-order valence-corrected chi connectivity index (χ2v) is 5.11. The Balaban J connectivity index is 1.72. The molecule has 1 aromatic heterocycles. The molecule has 1 N–H and O–H groups in total. The van der Waals surface area contributed by atoms with Gasteiger partial charge in [0.25, 0.3) is 5.89 Å². The molecule has 3 rings (SSSR count). The maximum Gasteiger partial charge on any atom is 0.257 e. The Morgan fingerprint density at radius 3 is 3.17 bits per heavy atom. The molecule has 0 bridgehead atoms. The zero-order chi connectivity index (χ0) is 16.1. The Morgan fingerprint density at radius 2 is 2.39 bits per heavy atom. The van der Waals surface area contributed by atoms with Crippen LogP contribution in [0.15, 0.2) is 58.3 Å². The SMILES string of the molecule is C[C@@H](/C=C\N=C1/CC=CN1)c1noc(-c2cccc(C#N)c2)n1. The van der Waals surface area contributed by atoms with Gasteiger partial charge < -0.3 is 9.84 Å². The molecule has 6 heteroatoms. The fourth-order valence-electron chi connectivity index (χ4n) is 2.08. The lowest BCUT2D eigenvalue weighted by molar-refractivity contribution is 0.421. The number of benzene rings is 1. The van der Waals surface area contributed by atoms with Gasteiger partial charge in [0.15, 0.2) is 5.82 Å². The minimum Gasteiger partial charge on any atom is -0.350 e. The quantitative estimate of drug-likeness (QED) is 0.937. The molecule has 1 aliphatic heterocycles. The van der Waals surface area contributed by atoms with Crippen molar-refractivity contribution in [3.8, 4) is 17.5 Å². The molecule has 23 heavy (non-hydrogen) atoms. The summed E-state index contributed by atoms with van der Waals surface area (Å²) in [6.07, 6.45) is 8.35. The van der Waals surface area contributed by atoms with Crippen molar-refractivity contribution in [1.82, 2.24) is 15.5 Å². The maximum atomic E-state index is 8.94. The molecule has 0 aliphatic carbocycles. The molecule has 0 spiro atoms. The molecule has 1 aromatic carbocycles. The zero-order valence-corrected chi connectivity index (χ0v) is 12.6. The van der Waals surface area contributed by atoms with E-state index < -0.39 is 0 Å². The number of amidine groups is 1. The molecule has 0 saturated heterocycles. The summed E-state index contributed by atoms with van der Waals surface area (Å²) in [6.45, 7) is 1.97. The minimum absolute atomic E-state index is 0.0228. The Hall–Kier alpha value is -3.20. The Kier molecular flexibility index (Phi) is 4.29. The summed E-state index contributed by atoms with van der Waals surface area (Å²) < 4.78 is 5.29. The van der Waals surface area contributed by atoms with Gasteiger partial charge in [-0.05, 0) is 24.4 Å². The standard InChI is InChI=1S/C17H15N5O/c1-12(7-9-20-15-6-3-8-19-15)16-21-17(23-22-16)14-5-2-4-13(10-14)11-18/h2-5,7-10,12H,6H2,1H3,(H,19,20)/b9-7-/t12-/m0/s1. The van der Waals surface area contributed by atoms with Crippen LogP contribution < -0.4 is 5.32 Å². The van der Waals surface area contributed by atoms with E-state index in [-0.39, 0.29) is 5.92 Å². The summed E-state index contributed by atoms with van der Waals surface area (Å²) in [7, 11) is 0. The highest BCUT2D eigenvalue weighted by atomic mass is 16.5. The monoisotopic (exact) mass is 305 g/mol. The number of nitrogens with one attached hydrogen (secondary N) is 1. The van der Waals surface area contributed by atoms with Crippen molar-refractivity contribution in [3.05, 3.63) is 60.2 Å². The first kappa shape index (κ1) is 14.7. The fourth-order valence-corrected chi connectivity index (χ4v) is 2.08. The first-order chi connectivity index (χ1) is 11.3. The van der Waals surface area contributed by atoms with Crippen LogP contribution in [0.25, 0.3) is 11.5 Å². The Bertz CT molecular complexity index is 816. The van der Waals surface area contributed by atoms with Crippen molar-refractivity contribution in [3.63, 3.8) is 0 Å². The average molecular weight is 305 g/mol. The average Bonchev–Trinajstić information content (AvgIpc) is 3.26. The van der Waals surface area contributed by atoms with Gasteiger partial charge in [-0.1, -0.05) is 30.3 Å². The number of nitriles is 1. The molecular weight excluding hydrogens is 290 g/mol. The second kappa shape index (κ2) is 6.71. The number of hydrogen-bond donors (Lipinski definition) is 1. The number of rotatable bonds is 4. The Labute approximate surface area is 133 Å². The van der Waals surface area contributed by atoms with Gasteiger partial charge in [0.05, 0.1) is 11.6 Å². The maximum absolute atomic E-state index is 8.94. The van der Waals surface area contributed by atoms with Crippen LogP contribution in [-0.2, 0) is 0 Å². The third-order valence-electron chi connectivity index (χ3n) is 3.37. The van der Waals surface area contributed by atoms with Crippen LogP contribution in [0.1, 0.15) is 30.7 Å². The molecule has 0 radical (unpaired) electrons. The van der Waals surface area contributed by atoms with E-state index in [1.807, 2.05) is 31.3 Å². The summed E-state index contributed by atoms with van der Waals surface area (Å²) in [5, 5.41) is 16.0. The molecule has 0 saturated carbocycles. The lowest BCUT2D eigenvalue weighted by Gasteiger charge is -1.98. The normalized spacial score (nSPS) is 16.6. The highest BCUT2D eigenvalue weighted by Gasteiger charge is 2.13. The van der Waals surface area contributed by atoms with Crippen LogP contribution in [0.2, 0.25) is 0 Å². The van der Waals surface area contributed by atoms with Crippen LogP contribution in [0.3, 0.4) is 0 Å². The van der Waals surface area contributed by atoms with Gasteiger partial charge in [0, 0.05) is 24.1 Å². The lowest BCUT2D eigenvalue weighted by atomic mass is 10.1. The molecule has 6 nitrogen and oxygen atoms in total. The topological polar surface area (TPSA) is 87.1 Å². The third kappa shape index (κ3) is 3.52. The van der Waals surface area contributed by atoms with Crippen LogP contribution in [0.4, 0.5) is 0 Å². The number of aliphatic imine (C=N–C) groups is 1. The minimum atomic E-state index is -0.0228. The van der Waals surface area contributed by atoms with Crippen molar-refractivity contribution in [2.24, 2.45) is 4.99 Å². The number of aromatic nitrogens is 2. The lowest BCUT2D eigenvalue weighted by Crippen LogP contribution is -2.09. The van der Waals surface area contributed by atoms with Crippen LogP contribution in [0.5, 0.6) is 0 Å². The van der Waals surface area contributed by atoms with Gasteiger partial charge >= 0.3 is 0 Å². The van der Waals surface area contributed by atoms with Crippen molar-refractivity contribution in [2.75, 3.05) is 0 Å². The molecule has 1 atom stereocenters. The first-order valence-electron chi connectivity index (χ1n) is 7.25. The number of allylic oxidation sites excluding steroid dienone is 1. The van der Waals surface area contributed by atoms with E-state index in [1.54, 1.807) is 24.4 Å². The number of hydrogen-bond acceptors (Lipinski definition) is 5. The third-order valence-corrected chi connectivity index (χ3v) is 3.37. The van der Waals surface area contributed by atoms with Gasteiger partial charge in [-0.25, -0.2) is 4.99 Å². The smallest absolute Gasteiger partial charge is 0.257 e. The molecule has 1 aliphatic rings. The van der Waals surface area contributed by atoms with E-state index in [9.17, 15) is 0 Å². The zero-order valence-electron chi connectivity index (χ0n) is 12.6. The molecule has 0 fully saturated rings. The van der Waals surface area contributed by atoms with Gasteiger partial charge in [0.1, 0.15) is 5.84 Å². The van der Waals surface area contributed by atoms with E-state index in [2.05, 4.69) is 26.5 Å². The summed E-state index contributed by atoms with van der Waals surface area (Å²) in [6, 6.07) is 9.18. The van der Waals surface area contributed by atoms with Gasteiger partial charge in [-0.3, -0.25) is 0 Å². The van der Waals surface area contributed by atoms with Crippen LogP contribution in [0, 0.1) is 11.3 Å². The Morgan fingerprint density at radius 1 is 1.48 bits per heavy atom. The van der Waals surface area contributed by atoms with Crippen molar-refractivity contribution in [2.45, 2.75) is 19.3 Å². The second-order valence-electron chi connectivity index (χ2n) is 5.11. The van der Waals surface area contributed by atoms with Crippen LogP contribution in [-0.4, -0.2) is 16.0 Å². The van der Waals surface area contributed by atoms with Gasteiger partial charge in [-0.15, -0.1) is 0 Å². The predicted molar refractivity (Wildman–Crippen MR) is 86.3 cm³/mol. The van der Waals surface area contributed by atoms with Gasteiger partial charge in [-0.2, -0.15) is 10.2 Å². The summed E-state index contributed by atoms with van der Waals surface area (Å²) in [5.74, 6) is 1.88. The predicted octanol–water partition coefficient (Wildman–Crippen LogP) is 3.13. The summed E-state index contributed by atoms with van der Waals surface area (Å²) in [5.41, 5.74) is 1.30. The molecule has 114 valence electrons. The van der Waals surface area contributed by atoms with Gasteiger partial charge in [0.2, 0.25) is 0 Å². The molecule has 0 unspecified atom stereocenters. The molecular formula is C17H15N5O. The van der Waals surface area contributed by atoms with E-state index in [0.717, 1.165) is 17.8 Å². The highest BCUT2D eigenvalue weighted by Crippen LogP contribution is 2.21. The summed E-state index contributed by atoms with van der Waals surface area (Å²) in [4.78, 5) is 8.71. The molecule has 2 aromatic rings.